The van der Waals surface area contributed by atoms with Crippen molar-refractivity contribution in [1.29, 1.82) is 0 Å². The second kappa shape index (κ2) is 3.27. The molecule has 0 amide bonds. The third-order valence-corrected chi connectivity index (χ3v) is 2.31. The van der Waals surface area contributed by atoms with Crippen LogP contribution in [0.4, 0.5) is 0 Å². The van der Waals surface area contributed by atoms with Crippen LogP contribution in [0, 0.1) is 0 Å². The molecule has 0 unspecified atom stereocenters. The van der Waals surface area contributed by atoms with Gasteiger partial charge in [0.2, 0.25) is 0 Å². The highest BCUT2D eigenvalue weighted by Crippen LogP contribution is 2.19. The Hall–Kier alpha value is -2.04. The SMILES string of the molecule is Cn1cccc1-c1cc(C(=O)O)nn1C. The van der Waals surface area contributed by atoms with Gasteiger partial charge in [-0.15, -0.1) is 0 Å². The van der Waals surface area contributed by atoms with Crippen LogP contribution in [0.5, 0.6) is 0 Å². The Kier molecular flexibility index (Phi) is 2.07. The first-order valence-corrected chi connectivity index (χ1v) is 4.48. The number of nitrogens with zero attached hydrogens (tertiary/aromatic N) is 3. The zero-order valence-electron chi connectivity index (χ0n) is 8.51. The fraction of sp³-hybridized carbons (Fsp3) is 0.200. The van der Waals surface area contributed by atoms with Crippen LogP contribution in [-0.4, -0.2) is 25.4 Å². The van der Waals surface area contributed by atoms with Crippen LogP contribution >= 0.6 is 0 Å². The van der Waals surface area contributed by atoms with Crippen LogP contribution in [0.25, 0.3) is 11.4 Å². The normalized spacial score (nSPS) is 10.5. The summed E-state index contributed by atoms with van der Waals surface area (Å²) in [6.07, 6.45) is 1.91. The number of carbonyl (C=O) groups is 1. The molecule has 0 fully saturated rings. The molecule has 0 aliphatic carbocycles. The first kappa shape index (κ1) is 9.51. The van der Waals surface area contributed by atoms with E-state index in [1.807, 2.05) is 29.9 Å². The molecular weight excluding hydrogens is 194 g/mol. The summed E-state index contributed by atoms with van der Waals surface area (Å²) in [4.78, 5) is 10.7. The molecule has 0 aromatic carbocycles. The number of aromatic nitrogens is 3. The molecular formula is C10H11N3O2. The van der Waals surface area contributed by atoms with Crippen LogP contribution in [0.2, 0.25) is 0 Å². The molecule has 2 rings (SSSR count). The molecule has 0 aliphatic heterocycles. The molecule has 0 aliphatic rings. The standard InChI is InChI=1S/C10H11N3O2/c1-12-5-3-4-8(12)9-6-7(10(14)15)11-13(9)2/h3-6H,1-2H3,(H,14,15). The van der Waals surface area contributed by atoms with Gasteiger partial charge >= 0.3 is 5.97 Å². The average Bonchev–Trinajstić information content (AvgIpc) is 2.71. The van der Waals surface area contributed by atoms with E-state index < -0.39 is 5.97 Å². The van der Waals surface area contributed by atoms with Crippen LogP contribution in [0.3, 0.4) is 0 Å². The summed E-state index contributed by atoms with van der Waals surface area (Å²) in [6, 6.07) is 5.39. The minimum atomic E-state index is -1.01. The predicted molar refractivity (Wildman–Crippen MR) is 54.6 cm³/mol. The van der Waals surface area contributed by atoms with Crippen LogP contribution in [-0.2, 0) is 14.1 Å². The van der Waals surface area contributed by atoms with Crippen molar-refractivity contribution in [2.24, 2.45) is 14.1 Å². The van der Waals surface area contributed by atoms with Gasteiger partial charge in [-0.1, -0.05) is 0 Å². The van der Waals surface area contributed by atoms with Crippen molar-refractivity contribution in [1.82, 2.24) is 14.3 Å². The zero-order chi connectivity index (χ0) is 11.0. The van der Waals surface area contributed by atoms with Crippen molar-refractivity contribution in [3.63, 3.8) is 0 Å². The van der Waals surface area contributed by atoms with E-state index in [1.165, 1.54) is 0 Å². The van der Waals surface area contributed by atoms with E-state index in [2.05, 4.69) is 5.10 Å². The number of carboxylic acids is 1. The molecule has 0 bridgehead atoms. The number of aryl methyl sites for hydroxylation is 2. The van der Waals surface area contributed by atoms with Gasteiger partial charge in [-0.05, 0) is 12.1 Å². The summed E-state index contributed by atoms with van der Waals surface area (Å²) >= 11 is 0. The largest absolute Gasteiger partial charge is 0.476 e. The van der Waals surface area contributed by atoms with Crippen LogP contribution < -0.4 is 0 Å². The second-order valence-electron chi connectivity index (χ2n) is 3.35. The number of hydrogen-bond donors (Lipinski definition) is 1. The number of hydrogen-bond acceptors (Lipinski definition) is 2. The molecule has 1 N–H and O–H groups in total. The van der Waals surface area contributed by atoms with E-state index >= 15 is 0 Å². The first-order chi connectivity index (χ1) is 7.09. The van der Waals surface area contributed by atoms with Crippen LogP contribution in [0.1, 0.15) is 10.5 Å². The highest BCUT2D eigenvalue weighted by atomic mass is 16.4. The molecule has 78 valence electrons. The highest BCUT2D eigenvalue weighted by Gasteiger charge is 2.13. The summed E-state index contributed by atoms with van der Waals surface area (Å²) in [5.74, 6) is -1.01. The fourth-order valence-corrected chi connectivity index (χ4v) is 1.54. The lowest BCUT2D eigenvalue weighted by Crippen LogP contribution is -2.00. The van der Waals surface area contributed by atoms with E-state index in [1.54, 1.807) is 17.8 Å². The summed E-state index contributed by atoms with van der Waals surface area (Å²) in [5, 5.41) is 12.7. The Labute approximate surface area is 86.6 Å². The van der Waals surface area contributed by atoms with Crippen molar-refractivity contribution in [3.05, 3.63) is 30.1 Å². The maximum absolute atomic E-state index is 10.7. The van der Waals surface area contributed by atoms with Gasteiger partial charge in [-0.3, -0.25) is 4.68 Å². The number of aromatic carboxylic acids is 1. The fourth-order valence-electron chi connectivity index (χ4n) is 1.54. The molecule has 0 saturated carbocycles. The van der Waals surface area contributed by atoms with Gasteiger partial charge in [0.05, 0.1) is 11.4 Å². The van der Waals surface area contributed by atoms with Gasteiger partial charge in [0, 0.05) is 26.4 Å². The topological polar surface area (TPSA) is 60.1 Å². The molecule has 0 saturated heterocycles. The van der Waals surface area contributed by atoms with Gasteiger partial charge in [0.25, 0.3) is 0 Å². The summed E-state index contributed by atoms with van der Waals surface area (Å²) in [7, 11) is 3.64. The monoisotopic (exact) mass is 205 g/mol. The first-order valence-electron chi connectivity index (χ1n) is 4.48. The lowest BCUT2D eigenvalue weighted by molar-refractivity contribution is 0.0689. The molecule has 5 heteroatoms. The summed E-state index contributed by atoms with van der Waals surface area (Å²) in [6.45, 7) is 0. The minimum absolute atomic E-state index is 0.0636. The van der Waals surface area contributed by atoms with E-state index in [-0.39, 0.29) is 5.69 Å². The van der Waals surface area contributed by atoms with Gasteiger partial charge in [0.1, 0.15) is 0 Å². The van der Waals surface area contributed by atoms with Gasteiger partial charge in [-0.2, -0.15) is 5.10 Å². The highest BCUT2D eigenvalue weighted by molar-refractivity contribution is 5.86. The molecule has 0 radical (unpaired) electrons. The molecule has 2 heterocycles. The summed E-state index contributed by atoms with van der Waals surface area (Å²) < 4.78 is 3.49. The Balaban J connectivity index is 2.54. The smallest absolute Gasteiger partial charge is 0.356 e. The third kappa shape index (κ3) is 1.52. The Morgan fingerprint density at radius 2 is 2.13 bits per heavy atom. The Bertz CT molecular complexity index is 510. The van der Waals surface area contributed by atoms with Gasteiger partial charge < -0.3 is 9.67 Å². The predicted octanol–water partition coefficient (Wildman–Crippen LogP) is 1.12. The Morgan fingerprint density at radius 1 is 1.40 bits per heavy atom. The minimum Gasteiger partial charge on any atom is -0.476 e. The molecule has 2 aromatic heterocycles. The van der Waals surface area contributed by atoms with Crippen molar-refractivity contribution >= 4 is 5.97 Å². The van der Waals surface area contributed by atoms with E-state index in [0.29, 0.717) is 0 Å². The van der Waals surface area contributed by atoms with Crippen molar-refractivity contribution in [3.8, 4) is 11.4 Å². The molecule has 15 heavy (non-hydrogen) atoms. The Morgan fingerprint density at radius 3 is 2.60 bits per heavy atom. The van der Waals surface area contributed by atoms with Crippen molar-refractivity contribution < 1.29 is 9.90 Å². The van der Waals surface area contributed by atoms with E-state index in [0.717, 1.165) is 11.4 Å². The second-order valence-corrected chi connectivity index (χ2v) is 3.35. The lowest BCUT2D eigenvalue weighted by Gasteiger charge is -2.02. The van der Waals surface area contributed by atoms with Gasteiger partial charge in [0.15, 0.2) is 5.69 Å². The lowest BCUT2D eigenvalue weighted by atomic mass is 10.3. The number of carboxylic acid groups (broad SMARTS) is 1. The molecule has 0 spiro atoms. The van der Waals surface area contributed by atoms with Crippen molar-refractivity contribution in [2.45, 2.75) is 0 Å². The third-order valence-electron chi connectivity index (χ3n) is 2.31. The van der Waals surface area contributed by atoms with Crippen molar-refractivity contribution in [2.75, 3.05) is 0 Å². The van der Waals surface area contributed by atoms with E-state index in [9.17, 15) is 4.79 Å². The quantitative estimate of drug-likeness (QED) is 0.799. The zero-order valence-corrected chi connectivity index (χ0v) is 8.51. The van der Waals surface area contributed by atoms with Crippen LogP contribution in [0.15, 0.2) is 24.4 Å². The molecule has 0 atom stereocenters. The molecule has 2 aromatic rings. The molecule has 5 nitrogen and oxygen atoms in total. The van der Waals surface area contributed by atoms with Gasteiger partial charge in [-0.25, -0.2) is 4.79 Å². The number of rotatable bonds is 2. The maximum Gasteiger partial charge on any atom is 0.356 e. The maximum atomic E-state index is 10.7. The van der Waals surface area contributed by atoms with E-state index in [4.69, 9.17) is 5.11 Å². The average molecular weight is 205 g/mol. The summed E-state index contributed by atoms with van der Waals surface area (Å²) in [5.41, 5.74) is 1.80.